The van der Waals surface area contributed by atoms with Crippen molar-refractivity contribution in [1.82, 2.24) is 0 Å². The standard InChI is InChI=1S/C28H25F3N2O3/c1-4-35-26-14-20(8-9-25(26)36-17-21-11-18(2)10-19(3)12-21)13-22(16-32)27(34)33-24-7-5-6-23(15-24)28(29,30)31/h5-15H,4,17H2,1-3H3,(H,33,34)/b22-13+. The summed E-state index contributed by atoms with van der Waals surface area (Å²) in [5.74, 6) is 0.108. The number of ether oxygens (including phenoxy) is 2. The largest absolute Gasteiger partial charge is 0.490 e. The minimum absolute atomic E-state index is 0.0684. The molecular weight excluding hydrogens is 469 g/mol. The van der Waals surface area contributed by atoms with Crippen molar-refractivity contribution in [1.29, 1.82) is 5.26 Å². The highest BCUT2D eigenvalue weighted by atomic mass is 19.4. The molecule has 0 aliphatic rings. The smallest absolute Gasteiger partial charge is 0.416 e. The van der Waals surface area contributed by atoms with Crippen LogP contribution in [0, 0.1) is 25.2 Å². The molecule has 0 aliphatic heterocycles. The number of nitrogens with zero attached hydrogens (tertiary/aromatic N) is 1. The third-order valence-electron chi connectivity index (χ3n) is 5.07. The third-order valence-corrected chi connectivity index (χ3v) is 5.07. The second-order valence-corrected chi connectivity index (χ2v) is 8.13. The molecule has 1 amide bonds. The number of halogens is 3. The third kappa shape index (κ3) is 7.12. The topological polar surface area (TPSA) is 71.3 Å². The van der Waals surface area contributed by atoms with Crippen molar-refractivity contribution in [3.63, 3.8) is 0 Å². The van der Waals surface area contributed by atoms with Crippen LogP contribution in [0.15, 0.2) is 66.2 Å². The fraction of sp³-hybridized carbons (Fsp3) is 0.214. The number of benzene rings is 3. The van der Waals surface area contributed by atoms with E-state index in [0.717, 1.165) is 28.8 Å². The van der Waals surface area contributed by atoms with Gasteiger partial charge in [-0.3, -0.25) is 4.79 Å². The summed E-state index contributed by atoms with van der Waals surface area (Å²) in [6, 6.07) is 17.1. The van der Waals surface area contributed by atoms with Crippen LogP contribution in [-0.2, 0) is 17.6 Å². The lowest BCUT2D eigenvalue weighted by Gasteiger charge is -2.13. The SMILES string of the molecule is CCOc1cc(/C=C(\C#N)C(=O)Nc2cccc(C(F)(F)F)c2)ccc1OCc1cc(C)cc(C)c1. The summed E-state index contributed by atoms with van der Waals surface area (Å²) >= 11 is 0. The lowest BCUT2D eigenvalue weighted by atomic mass is 10.1. The number of hydrogen-bond acceptors (Lipinski definition) is 4. The molecule has 0 radical (unpaired) electrons. The van der Waals surface area contributed by atoms with Crippen molar-refractivity contribution in [2.24, 2.45) is 0 Å². The molecule has 186 valence electrons. The van der Waals surface area contributed by atoms with Crippen LogP contribution in [0.3, 0.4) is 0 Å². The molecule has 0 atom stereocenters. The molecule has 0 spiro atoms. The van der Waals surface area contributed by atoms with E-state index in [1.807, 2.05) is 32.9 Å². The van der Waals surface area contributed by atoms with E-state index in [1.54, 1.807) is 24.3 Å². The minimum Gasteiger partial charge on any atom is -0.490 e. The normalized spacial score (nSPS) is 11.5. The number of nitrogens with one attached hydrogen (secondary N) is 1. The Morgan fingerprint density at radius 2 is 1.72 bits per heavy atom. The summed E-state index contributed by atoms with van der Waals surface area (Å²) in [5.41, 5.74) is 2.52. The van der Waals surface area contributed by atoms with Gasteiger partial charge in [0.05, 0.1) is 12.2 Å². The fourth-order valence-corrected chi connectivity index (χ4v) is 3.60. The summed E-state index contributed by atoms with van der Waals surface area (Å²) < 4.78 is 50.5. The Kier molecular flexibility index (Phi) is 8.38. The Morgan fingerprint density at radius 1 is 1.00 bits per heavy atom. The van der Waals surface area contributed by atoms with E-state index in [2.05, 4.69) is 11.4 Å². The lowest BCUT2D eigenvalue weighted by molar-refractivity contribution is -0.137. The zero-order valence-electron chi connectivity index (χ0n) is 20.1. The van der Waals surface area contributed by atoms with Crippen molar-refractivity contribution >= 4 is 17.7 Å². The molecule has 3 aromatic carbocycles. The van der Waals surface area contributed by atoms with Gasteiger partial charge in [0.15, 0.2) is 11.5 Å². The molecule has 5 nitrogen and oxygen atoms in total. The monoisotopic (exact) mass is 494 g/mol. The fourth-order valence-electron chi connectivity index (χ4n) is 3.60. The van der Waals surface area contributed by atoms with E-state index in [4.69, 9.17) is 9.47 Å². The van der Waals surface area contributed by atoms with Gasteiger partial charge < -0.3 is 14.8 Å². The molecule has 1 N–H and O–H groups in total. The van der Waals surface area contributed by atoms with Gasteiger partial charge in [-0.1, -0.05) is 41.5 Å². The molecule has 0 unspecified atom stereocenters. The molecule has 0 heterocycles. The number of rotatable bonds is 8. The summed E-state index contributed by atoms with van der Waals surface area (Å²) in [5, 5.41) is 11.8. The van der Waals surface area contributed by atoms with Crippen molar-refractivity contribution < 1.29 is 27.4 Å². The number of hydrogen-bond donors (Lipinski definition) is 1. The van der Waals surface area contributed by atoms with Crippen LogP contribution in [0.4, 0.5) is 18.9 Å². The van der Waals surface area contributed by atoms with Crippen LogP contribution >= 0.6 is 0 Å². The number of aryl methyl sites for hydroxylation is 2. The molecule has 8 heteroatoms. The van der Waals surface area contributed by atoms with E-state index < -0.39 is 17.6 Å². The van der Waals surface area contributed by atoms with Crippen molar-refractivity contribution in [3.05, 3.63) is 94.1 Å². The van der Waals surface area contributed by atoms with E-state index in [1.165, 1.54) is 18.2 Å². The molecule has 0 aliphatic carbocycles. The molecule has 0 fully saturated rings. The Morgan fingerprint density at radius 3 is 2.36 bits per heavy atom. The van der Waals surface area contributed by atoms with Gasteiger partial charge in [-0.2, -0.15) is 18.4 Å². The summed E-state index contributed by atoms with van der Waals surface area (Å²) in [7, 11) is 0. The quantitative estimate of drug-likeness (QED) is 0.275. The highest BCUT2D eigenvalue weighted by molar-refractivity contribution is 6.09. The zero-order chi connectivity index (χ0) is 26.3. The second kappa shape index (κ2) is 11.5. The Bertz CT molecular complexity index is 1300. The van der Waals surface area contributed by atoms with Crippen LogP contribution in [0.25, 0.3) is 6.08 Å². The molecular formula is C28H25F3N2O3. The zero-order valence-corrected chi connectivity index (χ0v) is 20.1. The molecule has 36 heavy (non-hydrogen) atoms. The molecule has 3 aromatic rings. The maximum atomic E-state index is 12.9. The van der Waals surface area contributed by atoms with Crippen molar-refractivity contribution in [3.8, 4) is 17.6 Å². The summed E-state index contributed by atoms with van der Waals surface area (Å²) in [6.45, 7) is 6.55. The van der Waals surface area contributed by atoms with E-state index in [0.29, 0.717) is 30.3 Å². The second-order valence-electron chi connectivity index (χ2n) is 8.13. The lowest BCUT2D eigenvalue weighted by Crippen LogP contribution is -2.14. The minimum atomic E-state index is -4.55. The number of nitriles is 1. The Balaban J connectivity index is 1.79. The van der Waals surface area contributed by atoms with Gasteiger partial charge in [0.25, 0.3) is 5.91 Å². The van der Waals surface area contributed by atoms with Crippen LogP contribution in [-0.4, -0.2) is 12.5 Å². The van der Waals surface area contributed by atoms with E-state index >= 15 is 0 Å². The number of amides is 1. The van der Waals surface area contributed by atoms with Gasteiger partial charge in [-0.25, -0.2) is 0 Å². The highest BCUT2D eigenvalue weighted by Gasteiger charge is 2.30. The molecule has 3 rings (SSSR count). The van der Waals surface area contributed by atoms with Gasteiger partial charge >= 0.3 is 6.18 Å². The molecule has 0 saturated carbocycles. The van der Waals surface area contributed by atoms with E-state index in [-0.39, 0.29) is 11.3 Å². The Hall–Kier alpha value is -4.25. The van der Waals surface area contributed by atoms with Gasteiger partial charge in [-0.05, 0) is 68.3 Å². The summed E-state index contributed by atoms with van der Waals surface area (Å²) in [4.78, 5) is 12.6. The van der Waals surface area contributed by atoms with Crippen LogP contribution in [0.1, 0.15) is 34.7 Å². The molecule has 0 aromatic heterocycles. The van der Waals surface area contributed by atoms with E-state index in [9.17, 15) is 23.2 Å². The number of carbonyl (C=O) groups excluding carboxylic acids is 1. The van der Waals surface area contributed by atoms with Gasteiger partial charge in [0.2, 0.25) is 0 Å². The average molecular weight is 495 g/mol. The first-order valence-electron chi connectivity index (χ1n) is 11.2. The van der Waals surface area contributed by atoms with Crippen LogP contribution < -0.4 is 14.8 Å². The average Bonchev–Trinajstić information content (AvgIpc) is 2.81. The highest BCUT2D eigenvalue weighted by Crippen LogP contribution is 2.32. The van der Waals surface area contributed by atoms with Gasteiger partial charge in [0, 0.05) is 5.69 Å². The van der Waals surface area contributed by atoms with Crippen LogP contribution in [0.2, 0.25) is 0 Å². The molecule has 0 bridgehead atoms. The number of anilines is 1. The van der Waals surface area contributed by atoms with Crippen molar-refractivity contribution in [2.45, 2.75) is 33.6 Å². The maximum Gasteiger partial charge on any atom is 0.416 e. The number of alkyl halides is 3. The maximum absolute atomic E-state index is 12.9. The summed E-state index contributed by atoms with van der Waals surface area (Å²) in [6.07, 6.45) is -3.22. The first kappa shape index (κ1) is 26.4. The molecule has 0 saturated heterocycles. The van der Waals surface area contributed by atoms with Crippen molar-refractivity contribution in [2.75, 3.05) is 11.9 Å². The van der Waals surface area contributed by atoms with Gasteiger partial charge in [0.1, 0.15) is 18.2 Å². The Labute approximate surface area is 207 Å². The predicted octanol–water partition coefficient (Wildman–Crippen LogP) is 6.85. The number of carbonyl (C=O) groups is 1. The van der Waals surface area contributed by atoms with Gasteiger partial charge in [-0.15, -0.1) is 0 Å². The first-order chi connectivity index (χ1) is 17.1. The predicted molar refractivity (Wildman–Crippen MR) is 132 cm³/mol. The van der Waals surface area contributed by atoms with Crippen LogP contribution in [0.5, 0.6) is 11.5 Å². The first-order valence-corrected chi connectivity index (χ1v) is 11.2.